The number of carbonyl (C=O) groups excluding carboxylic acids is 1. The van der Waals surface area contributed by atoms with E-state index in [0.29, 0.717) is 16.6 Å². The molecule has 3 rings (SSSR count). The second-order valence-electron chi connectivity index (χ2n) is 6.72. The summed E-state index contributed by atoms with van der Waals surface area (Å²) in [4.78, 5) is 41.1. The number of hydrogen-bond donors (Lipinski definition) is 0. The van der Waals surface area contributed by atoms with Crippen LogP contribution in [0.15, 0.2) is 46.0 Å². The van der Waals surface area contributed by atoms with Crippen molar-refractivity contribution in [3.05, 3.63) is 74.2 Å². The second-order valence-corrected chi connectivity index (χ2v) is 6.72. The van der Waals surface area contributed by atoms with Gasteiger partial charge in [-0.15, -0.1) is 0 Å². The molecule has 0 bridgehead atoms. The lowest BCUT2D eigenvalue weighted by atomic mass is 10.0. The Kier molecular flexibility index (Phi) is 4.94. The fraction of sp³-hybridized carbons (Fsp3) is 0.300. The van der Waals surface area contributed by atoms with Gasteiger partial charge in [0.1, 0.15) is 6.61 Å². The number of rotatable bonds is 4. The third-order valence-corrected chi connectivity index (χ3v) is 4.52. The minimum Gasteiger partial charge on any atom is -0.456 e. The van der Waals surface area contributed by atoms with Crippen LogP contribution in [0.3, 0.4) is 0 Å². The first-order valence-corrected chi connectivity index (χ1v) is 8.62. The molecule has 0 saturated heterocycles. The summed E-state index contributed by atoms with van der Waals surface area (Å²) in [5.74, 6) is -0.372. The van der Waals surface area contributed by atoms with Gasteiger partial charge in [0.2, 0.25) is 0 Å². The fourth-order valence-corrected chi connectivity index (χ4v) is 2.79. The number of ether oxygens (including phenoxy) is 1. The zero-order valence-corrected chi connectivity index (χ0v) is 15.7. The van der Waals surface area contributed by atoms with Gasteiger partial charge < -0.3 is 4.74 Å². The van der Waals surface area contributed by atoms with Gasteiger partial charge in [-0.3, -0.25) is 18.9 Å². The number of fused-ring (bicyclic) bond motifs is 1. The van der Waals surface area contributed by atoms with Crippen LogP contribution in [0.5, 0.6) is 0 Å². The fourth-order valence-electron chi connectivity index (χ4n) is 2.79. The summed E-state index contributed by atoms with van der Waals surface area (Å²) in [7, 11) is 2.93. The highest BCUT2D eigenvalue weighted by Gasteiger charge is 2.16. The van der Waals surface area contributed by atoms with E-state index >= 15 is 0 Å². The van der Waals surface area contributed by atoms with Crippen molar-refractivity contribution >= 4 is 16.9 Å². The van der Waals surface area contributed by atoms with Crippen molar-refractivity contribution in [2.75, 3.05) is 0 Å². The zero-order valence-electron chi connectivity index (χ0n) is 15.7. The molecule has 2 heterocycles. The monoisotopic (exact) mass is 367 g/mol. The van der Waals surface area contributed by atoms with Crippen LogP contribution in [0.1, 0.15) is 41.5 Å². The topological polar surface area (TPSA) is 83.2 Å². The third-order valence-electron chi connectivity index (χ3n) is 4.52. The Labute approximate surface area is 155 Å². The van der Waals surface area contributed by atoms with E-state index in [0.717, 1.165) is 15.8 Å². The molecule has 0 radical (unpaired) electrons. The summed E-state index contributed by atoms with van der Waals surface area (Å²) in [6, 6.07) is 10.4. The molecule has 2 aromatic heterocycles. The lowest BCUT2D eigenvalue weighted by Gasteiger charge is -2.13. The molecule has 7 nitrogen and oxygen atoms in total. The van der Waals surface area contributed by atoms with Crippen molar-refractivity contribution in [3.63, 3.8) is 0 Å². The van der Waals surface area contributed by atoms with Crippen molar-refractivity contribution in [2.45, 2.75) is 26.4 Å². The minimum absolute atomic E-state index is 0.152. The van der Waals surface area contributed by atoms with Crippen LogP contribution >= 0.6 is 0 Å². The molecule has 27 heavy (non-hydrogen) atoms. The number of esters is 1. The van der Waals surface area contributed by atoms with Crippen LogP contribution in [0.4, 0.5) is 0 Å². The van der Waals surface area contributed by atoms with Crippen LogP contribution < -0.4 is 11.2 Å². The van der Waals surface area contributed by atoms with Crippen LogP contribution in [0.2, 0.25) is 0 Å². The van der Waals surface area contributed by atoms with Gasteiger partial charge >= 0.3 is 11.7 Å². The van der Waals surface area contributed by atoms with E-state index in [4.69, 9.17) is 4.74 Å². The normalized spacial score (nSPS) is 11.1. The Bertz CT molecular complexity index is 1140. The molecule has 0 N–H and O–H groups in total. The number of pyridine rings is 1. The van der Waals surface area contributed by atoms with E-state index in [2.05, 4.69) is 4.98 Å². The molecule has 0 amide bonds. The summed E-state index contributed by atoms with van der Waals surface area (Å²) in [6.07, 6.45) is 0. The summed E-state index contributed by atoms with van der Waals surface area (Å²) in [5.41, 5.74) is 1.35. The molecular weight excluding hydrogens is 346 g/mol. The largest absolute Gasteiger partial charge is 0.456 e. The molecule has 7 heteroatoms. The van der Waals surface area contributed by atoms with Gasteiger partial charge in [-0.1, -0.05) is 32.0 Å². The van der Waals surface area contributed by atoms with Crippen molar-refractivity contribution in [2.24, 2.45) is 14.1 Å². The molecule has 0 spiro atoms. The first kappa shape index (κ1) is 18.6. The molecule has 0 aliphatic carbocycles. The van der Waals surface area contributed by atoms with Crippen molar-refractivity contribution in [1.29, 1.82) is 0 Å². The summed E-state index contributed by atoms with van der Waals surface area (Å²) >= 11 is 0. The lowest BCUT2D eigenvalue weighted by molar-refractivity contribution is 0.0465. The summed E-state index contributed by atoms with van der Waals surface area (Å²) < 4.78 is 7.70. The first-order valence-electron chi connectivity index (χ1n) is 8.62. The van der Waals surface area contributed by atoms with Gasteiger partial charge in [-0.25, -0.2) is 9.59 Å². The van der Waals surface area contributed by atoms with E-state index < -0.39 is 17.2 Å². The van der Waals surface area contributed by atoms with E-state index in [-0.39, 0.29) is 12.5 Å². The van der Waals surface area contributed by atoms with E-state index in [1.807, 2.05) is 38.1 Å². The van der Waals surface area contributed by atoms with Gasteiger partial charge in [-0.2, -0.15) is 0 Å². The van der Waals surface area contributed by atoms with Gasteiger partial charge in [0.25, 0.3) is 5.56 Å². The highest BCUT2D eigenvalue weighted by Crippen LogP contribution is 2.23. The molecule has 140 valence electrons. The number of para-hydroxylation sites is 1. The van der Waals surface area contributed by atoms with Crippen molar-refractivity contribution < 1.29 is 9.53 Å². The van der Waals surface area contributed by atoms with Gasteiger partial charge in [-0.05, 0) is 18.1 Å². The molecule has 0 fully saturated rings. The van der Waals surface area contributed by atoms with Crippen LogP contribution in [0, 0.1) is 0 Å². The highest BCUT2D eigenvalue weighted by atomic mass is 16.5. The Morgan fingerprint density at radius 1 is 1.11 bits per heavy atom. The van der Waals surface area contributed by atoms with E-state index in [9.17, 15) is 14.4 Å². The quantitative estimate of drug-likeness (QED) is 0.660. The number of benzene rings is 1. The predicted octanol–water partition coefficient (Wildman–Crippen LogP) is 2.11. The summed E-state index contributed by atoms with van der Waals surface area (Å²) in [5, 5.41) is 0.699. The van der Waals surface area contributed by atoms with Gasteiger partial charge in [0.15, 0.2) is 0 Å². The SMILES string of the molecule is CC(C)c1cc(C(=O)OCc2cc(=O)n(C)c(=O)n2C)c2ccccc2n1. The van der Waals surface area contributed by atoms with Crippen LogP contribution in [-0.2, 0) is 25.4 Å². The maximum Gasteiger partial charge on any atom is 0.339 e. The Hall–Kier alpha value is -3.22. The van der Waals surface area contributed by atoms with Crippen LogP contribution in [-0.4, -0.2) is 20.1 Å². The average Bonchev–Trinajstić information content (AvgIpc) is 2.66. The molecule has 0 aliphatic rings. The molecule has 0 unspecified atom stereocenters. The molecule has 3 aromatic rings. The zero-order chi connectivity index (χ0) is 19.7. The van der Waals surface area contributed by atoms with Crippen LogP contribution in [0.25, 0.3) is 10.9 Å². The molecule has 0 aliphatic heterocycles. The smallest absolute Gasteiger partial charge is 0.339 e. The second kappa shape index (κ2) is 7.19. The van der Waals surface area contributed by atoms with Crippen molar-refractivity contribution in [3.8, 4) is 0 Å². The number of nitrogens with zero attached hydrogens (tertiary/aromatic N) is 3. The highest BCUT2D eigenvalue weighted by molar-refractivity contribution is 6.03. The summed E-state index contributed by atoms with van der Waals surface area (Å²) in [6.45, 7) is 3.83. The Morgan fingerprint density at radius 2 is 1.81 bits per heavy atom. The van der Waals surface area contributed by atoms with E-state index in [1.165, 1.54) is 24.7 Å². The Balaban J connectivity index is 1.96. The maximum atomic E-state index is 12.7. The first-order chi connectivity index (χ1) is 12.8. The molecule has 0 saturated carbocycles. The molecular formula is C20H21N3O4. The maximum absolute atomic E-state index is 12.7. The van der Waals surface area contributed by atoms with Gasteiger partial charge in [0, 0.05) is 31.2 Å². The van der Waals surface area contributed by atoms with Crippen molar-refractivity contribution in [1.82, 2.24) is 14.1 Å². The molecule has 0 atom stereocenters. The number of aromatic nitrogens is 3. The molecule has 1 aromatic carbocycles. The third kappa shape index (κ3) is 3.53. The van der Waals surface area contributed by atoms with Gasteiger partial charge in [0.05, 0.1) is 16.8 Å². The number of carbonyl (C=O) groups is 1. The number of hydrogen-bond acceptors (Lipinski definition) is 5. The minimum atomic E-state index is -0.524. The lowest BCUT2D eigenvalue weighted by Crippen LogP contribution is -2.38. The Morgan fingerprint density at radius 3 is 2.52 bits per heavy atom. The standard InChI is InChI=1S/C20H21N3O4/c1-12(2)17-10-15(14-7-5-6-8-16(14)21-17)19(25)27-11-13-9-18(24)23(4)20(26)22(13)3/h5-10,12H,11H2,1-4H3. The predicted molar refractivity (Wildman–Crippen MR) is 102 cm³/mol. The van der Waals surface area contributed by atoms with E-state index in [1.54, 1.807) is 6.07 Å². The average molecular weight is 367 g/mol.